The van der Waals surface area contributed by atoms with Crippen molar-refractivity contribution in [2.75, 3.05) is 43.4 Å². The van der Waals surface area contributed by atoms with Crippen LogP contribution in [0.4, 0.5) is 11.4 Å². The lowest BCUT2D eigenvalue weighted by Gasteiger charge is -2.36. The number of benzene rings is 2. The molecule has 11 heteroatoms. The molecule has 0 unspecified atom stereocenters. The molecule has 1 N–H and O–H groups in total. The van der Waals surface area contributed by atoms with Gasteiger partial charge in [-0.15, -0.1) is 5.10 Å². The summed E-state index contributed by atoms with van der Waals surface area (Å²) in [4.78, 5) is 17.2. The van der Waals surface area contributed by atoms with Gasteiger partial charge in [-0.25, -0.2) is 4.68 Å². The molecule has 0 spiro atoms. The molecular formula is C21H22ClN6O4-. The second-order valence-corrected chi connectivity index (χ2v) is 7.71. The van der Waals surface area contributed by atoms with Crippen LogP contribution in [-0.4, -0.2) is 64.3 Å². The SMILES string of the molecule is COc1ccccc1-c1nnn(C)c1C(=O)N1CCN(c2ccc(N([O-])O)cc2Cl)CC1. The van der Waals surface area contributed by atoms with Crippen molar-refractivity contribution in [2.45, 2.75) is 0 Å². The van der Waals surface area contributed by atoms with Crippen molar-refractivity contribution < 1.29 is 14.7 Å². The van der Waals surface area contributed by atoms with Gasteiger partial charge in [0.1, 0.15) is 11.4 Å². The maximum absolute atomic E-state index is 13.4. The zero-order chi connectivity index (χ0) is 22.8. The Kier molecular flexibility index (Phi) is 6.17. The first-order valence-corrected chi connectivity index (χ1v) is 10.3. The molecule has 1 aromatic heterocycles. The van der Waals surface area contributed by atoms with Gasteiger partial charge in [0.05, 0.1) is 23.5 Å². The van der Waals surface area contributed by atoms with Crippen molar-refractivity contribution in [2.24, 2.45) is 7.05 Å². The second-order valence-electron chi connectivity index (χ2n) is 7.30. The van der Waals surface area contributed by atoms with E-state index in [1.54, 1.807) is 25.1 Å². The van der Waals surface area contributed by atoms with Gasteiger partial charge in [0.25, 0.3) is 5.91 Å². The first kappa shape index (κ1) is 21.9. The van der Waals surface area contributed by atoms with Crippen LogP contribution < -0.4 is 14.9 Å². The highest BCUT2D eigenvalue weighted by molar-refractivity contribution is 6.33. The highest BCUT2D eigenvalue weighted by atomic mass is 35.5. The highest BCUT2D eigenvalue weighted by Crippen LogP contribution is 2.32. The van der Waals surface area contributed by atoms with Crippen LogP contribution in [0.2, 0.25) is 5.02 Å². The topological polar surface area (TPSA) is 110 Å². The maximum Gasteiger partial charge on any atom is 0.274 e. The van der Waals surface area contributed by atoms with Crippen molar-refractivity contribution in [3.8, 4) is 17.0 Å². The summed E-state index contributed by atoms with van der Waals surface area (Å²) in [6.45, 7) is 2.06. The largest absolute Gasteiger partial charge is 0.733 e. The zero-order valence-electron chi connectivity index (χ0n) is 17.6. The molecular weight excluding hydrogens is 436 g/mol. The van der Waals surface area contributed by atoms with Crippen molar-refractivity contribution in [3.63, 3.8) is 0 Å². The van der Waals surface area contributed by atoms with E-state index in [1.807, 2.05) is 29.2 Å². The van der Waals surface area contributed by atoms with Gasteiger partial charge in [0.15, 0.2) is 5.69 Å². The van der Waals surface area contributed by atoms with Gasteiger partial charge in [0, 0.05) is 38.8 Å². The van der Waals surface area contributed by atoms with Gasteiger partial charge in [-0.2, -0.15) is 0 Å². The molecule has 1 saturated heterocycles. The minimum atomic E-state index is -0.229. The molecule has 1 aliphatic heterocycles. The van der Waals surface area contributed by atoms with Crippen LogP contribution in [0.5, 0.6) is 5.75 Å². The predicted molar refractivity (Wildman–Crippen MR) is 120 cm³/mol. The lowest BCUT2D eigenvalue weighted by Crippen LogP contribution is -2.49. The zero-order valence-corrected chi connectivity index (χ0v) is 18.4. The van der Waals surface area contributed by atoms with Crippen molar-refractivity contribution in [3.05, 3.63) is 58.4 Å². The van der Waals surface area contributed by atoms with E-state index in [0.29, 0.717) is 53.9 Å². The first-order valence-electron chi connectivity index (χ1n) is 9.93. The Balaban J connectivity index is 1.52. The van der Waals surface area contributed by atoms with Gasteiger partial charge in [-0.1, -0.05) is 28.9 Å². The van der Waals surface area contributed by atoms with Gasteiger partial charge < -0.3 is 25.0 Å². The quantitative estimate of drug-likeness (QED) is 0.582. The molecule has 0 aliphatic carbocycles. The van der Waals surface area contributed by atoms with Crippen LogP contribution in [-0.2, 0) is 7.05 Å². The molecule has 168 valence electrons. The lowest BCUT2D eigenvalue weighted by atomic mass is 10.1. The minimum Gasteiger partial charge on any atom is -0.733 e. The van der Waals surface area contributed by atoms with E-state index in [-0.39, 0.29) is 16.8 Å². The summed E-state index contributed by atoms with van der Waals surface area (Å²) < 4.78 is 6.91. The molecule has 0 radical (unpaired) electrons. The van der Waals surface area contributed by atoms with Crippen LogP contribution in [0, 0.1) is 5.21 Å². The number of piperazine rings is 1. The van der Waals surface area contributed by atoms with Crippen molar-refractivity contribution in [1.29, 1.82) is 0 Å². The smallest absolute Gasteiger partial charge is 0.274 e. The monoisotopic (exact) mass is 457 g/mol. The normalized spacial score (nSPS) is 13.9. The molecule has 1 amide bonds. The van der Waals surface area contributed by atoms with Crippen molar-refractivity contribution >= 4 is 28.9 Å². The number of nitrogens with zero attached hydrogens (tertiary/aromatic N) is 6. The van der Waals surface area contributed by atoms with Crippen LogP contribution in [0.1, 0.15) is 10.5 Å². The second kappa shape index (κ2) is 9.03. The van der Waals surface area contributed by atoms with E-state index in [2.05, 4.69) is 10.3 Å². The number of hydrogen-bond acceptors (Lipinski definition) is 8. The van der Waals surface area contributed by atoms with Gasteiger partial charge >= 0.3 is 0 Å². The fourth-order valence-electron chi connectivity index (χ4n) is 3.79. The van der Waals surface area contributed by atoms with E-state index in [4.69, 9.17) is 21.5 Å². The fourth-order valence-corrected chi connectivity index (χ4v) is 4.08. The number of hydrogen-bond donors (Lipinski definition) is 1. The Morgan fingerprint density at radius 2 is 1.91 bits per heavy atom. The van der Waals surface area contributed by atoms with E-state index in [9.17, 15) is 10.0 Å². The molecule has 32 heavy (non-hydrogen) atoms. The van der Waals surface area contributed by atoms with E-state index < -0.39 is 0 Å². The number of aryl methyl sites for hydroxylation is 1. The van der Waals surface area contributed by atoms with Gasteiger partial charge in [0.2, 0.25) is 0 Å². The molecule has 0 atom stereocenters. The lowest BCUT2D eigenvalue weighted by molar-refractivity contribution is 0.0736. The number of ether oxygens (including phenoxy) is 1. The molecule has 0 bridgehead atoms. The molecule has 1 fully saturated rings. The molecule has 4 rings (SSSR count). The highest BCUT2D eigenvalue weighted by Gasteiger charge is 2.29. The number of para-hydroxylation sites is 1. The van der Waals surface area contributed by atoms with Crippen LogP contribution >= 0.6 is 11.6 Å². The standard InChI is InChI=1S/C21H22ClN6O4/c1-25-20(19(23-24-25)15-5-3-4-6-18(15)32-2)21(29)27-11-9-26(10-12-27)17-8-7-14(28(30)31)13-16(17)22/h3-8,13,30H,9-12H2,1-2H3/q-1. The molecule has 2 heterocycles. The number of methoxy groups -OCH3 is 1. The Morgan fingerprint density at radius 1 is 1.19 bits per heavy atom. The molecule has 0 saturated carbocycles. The number of aromatic nitrogens is 3. The third kappa shape index (κ3) is 4.07. The molecule has 2 aromatic carbocycles. The minimum absolute atomic E-state index is 0.0557. The average Bonchev–Trinajstić information content (AvgIpc) is 3.19. The van der Waals surface area contributed by atoms with E-state index in [1.165, 1.54) is 16.8 Å². The van der Waals surface area contributed by atoms with E-state index >= 15 is 0 Å². The maximum atomic E-state index is 13.4. The summed E-state index contributed by atoms with van der Waals surface area (Å²) in [7, 11) is 3.26. The Hall–Kier alpha value is -3.34. The Labute approximate surface area is 189 Å². The average molecular weight is 458 g/mol. The Morgan fingerprint density at radius 3 is 2.56 bits per heavy atom. The van der Waals surface area contributed by atoms with Gasteiger partial charge in [-0.05, 0) is 30.3 Å². The summed E-state index contributed by atoms with van der Waals surface area (Å²) in [5, 5.41) is 28.5. The summed E-state index contributed by atoms with van der Waals surface area (Å²) in [5.74, 6) is 0.450. The summed E-state index contributed by atoms with van der Waals surface area (Å²) in [6, 6.07) is 12.0. The van der Waals surface area contributed by atoms with Gasteiger partial charge in [-0.3, -0.25) is 10.0 Å². The Bertz CT molecular complexity index is 1130. The third-order valence-corrected chi connectivity index (χ3v) is 5.75. The third-order valence-electron chi connectivity index (χ3n) is 5.45. The van der Waals surface area contributed by atoms with Crippen LogP contribution in [0.15, 0.2) is 42.5 Å². The molecule has 1 aliphatic rings. The number of amides is 1. The van der Waals surface area contributed by atoms with E-state index in [0.717, 1.165) is 5.69 Å². The number of rotatable bonds is 5. The molecule has 10 nitrogen and oxygen atoms in total. The molecule has 3 aromatic rings. The number of halogens is 1. The van der Waals surface area contributed by atoms with Crippen LogP contribution in [0.25, 0.3) is 11.3 Å². The fraction of sp³-hybridized carbons (Fsp3) is 0.286. The summed E-state index contributed by atoms with van der Waals surface area (Å²) >= 11 is 6.29. The van der Waals surface area contributed by atoms with Crippen LogP contribution in [0.3, 0.4) is 0 Å². The number of anilines is 2. The van der Waals surface area contributed by atoms with Crippen molar-refractivity contribution in [1.82, 2.24) is 19.9 Å². The first-order chi connectivity index (χ1) is 15.4. The summed E-state index contributed by atoms with van der Waals surface area (Å²) in [5.41, 5.74) is 2.36. The number of carbonyl (C=O) groups excluding carboxylic acids is 1. The predicted octanol–water partition coefficient (Wildman–Crippen LogP) is 2.80. The summed E-state index contributed by atoms with van der Waals surface area (Å²) in [6.07, 6.45) is 0. The number of carbonyl (C=O) groups is 1.